The number of aliphatic hydroxyl groups is 2. The van der Waals surface area contributed by atoms with Gasteiger partial charge in [-0.05, 0) is 17.7 Å². The van der Waals surface area contributed by atoms with Crippen LogP contribution < -0.4 is 0 Å². The molecule has 0 spiro atoms. The third-order valence-corrected chi connectivity index (χ3v) is 6.24. The molecule has 7 heteroatoms. The molecule has 0 radical (unpaired) electrons. The van der Waals surface area contributed by atoms with Gasteiger partial charge in [-0.2, -0.15) is 4.31 Å². The summed E-state index contributed by atoms with van der Waals surface area (Å²) in [6.07, 6.45) is -1.66. The molecule has 0 aromatic heterocycles. The first-order valence-corrected chi connectivity index (χ1v) is 10.1. The minimum absolute atomic E-state index is 0.0421. The third kappa shape index (κ3) is 4.69. The molecule has 0 saturated carbocycles. The van der Waals surface area contributed by atoms with Crippen LogP contribution in [-0.2, 0) is 16.6 Å². The number of sulfonamides is 1. The van der Waals surface area contributed by atoms with Crippen LogP contribution in [0.4, 0.5) is 0 Å². The van der Waals surface area contributed by atoms with Gasteiger partial charge in [0, 0.05) is 32.7 Å². The molecule has 2 aromatic rings. The Hall–Kier alpha value is -1.77. The summed E-state index contributed by atoms with van der Waals surface area (Å²) in [6.45, 7) is 1.11. The second-order valence-corrected chi connectivity index (χ2v) is 8.56. The Kier molecular flexibility index (Phi) is 6.05. The summed E-state index contributed by atoms with van der Waals surface area (Å²) >= 11 is 0. The molecule has 1 aliphatic rings. The van der Waals surface area contributed by atoms with Gasteiger partial charge in [0.2, 0.25) is 10.0 Å². The topological polar surface area (TPSA) is 81.1 Å². The van der Waals surface area contributed by atoms with E-state index in [1.807, 2.05) is 35.2 Å². The van der Waals surface area contributed by atoms with Crippen molar-refractivity contribution in [3.8, 4) is 0 Å². The summed E-state index contributed by atoms with van der Waals surface area (Å²) in [5, 5.41) is 20.8. The lowest BCUT2D eigenvalue weighted by atomic mass is 10.1. The molecule has 1 heterocycles. The summed E-state index contributed by atoms with van der Waals surface area (Å²) < 4.78 is 26.8. The largest absolute Gasteiger partial charge is 0.390 e. The van der Waals surface area contributed by atoms with E-state index in [0.29, 0.717) is 19.6 Å². The monoisotopic (exact) mass is 376 g/mol. The lowest BCUT2D eigenvalue weighted by molar-refractivity contribution is 0.0229. The van der Waals surface area contributed by atoms with Crippen molar-refractivity contribution in [3.63, 3.8) is 0 Å². The number of rotatable bonds is 4. The van der Waals surface area contributed by atoms with Crippen molar-refractivity contribution in [2.24, 2.45) is 0 Å². The average Bonchev–Trinajstić information content (AvgIpc) is 2.61. The second-order valence-electron chi connectivity index (χ2n) is 6.62. The Morgan fingerprint density at radius 3 is 1.85 bits per heavy atom. The molecule has 140 valence electrons. The maximum atomic E-state index is 12.8. The summed E-state index contributed by atoms with van der Waals surface area (Å²) in [7, 11) is -3.75. The summed E-state index contributed by atoms with van der Waals surface area (Å²) in [5.74, 6) is 0. The SMILES string of the molecule is O=S(=O)(c1ccccc1)N1C[C@@H](O)CN(Cc2ccccc2)C[C@H](O)C1. The minimum Gasteiger partial charge on any atom is -0.390 e. The van der Waals surface area contributed by atoms with Crippen LogP contribution in [0.15, 0.2) is 65.6 Å². The second kappa shape index (κ2) is 8.28. The van der Waals surface area contributed by atoms with E-state index in [1.165, 1.54) is 16.4 Å². The van der Waals surface area contributed by atoms with Crippen molar-refractivity contribution in [3.05, 3.63) is 66.2 Å². The van der Waals surface area contributed by atoms with E-state index >= 15 is 0 Å². The fraction of sp³-hybridized carbons (Fsp3) is 0.368. The molecule has 26 heavy (non-hydrogen) atoms. The molecule has 0 unspecified atom stereocenters. The van der Waals surface area contributed by atoms with E-state index in [4.69, 9.17) is 0 Å². The highest BCUT2D eigenvalue weighted by Crippen LogP contribution is 2.18. The van der Waals surface area contributed by atoms with Crippen LogP contribution in [0.3, 0.4) is 0 Å². The fourth-order valence-corrected chi connectivity index (χ4v) is 4.78. The van der Waals surface area contributed by atoms with Gasteiger partial charge in [-0.15, -0.1) is 0 Å². The van der Waals surface area contributed by atoms with Gasteiger partial charge in [-0.1, -0.05) is 48.5 Å². The molecule has 6 nitrogen and oxygen atoms in total. The standard InChI is InChI=1S/C19H24N2O4S/c22-17-12-20(11-16-7-3-1-4-8-16)13-18(23)15-21(14-17)26(24,25)19-9-5-2-6-10-19/h1-10,17-18,22-23H,11-15H2/t17-,18-/m0/s1. The highest BCUT2D eigenvalue weighted by Gasteiger charge is 2.32. The van der Waals surface area contributed by atoms with Crippen LogP contribution >= 0.6 is 0 Å². The van der Waals surface area contributed by atoms with Crippen molar-refractivity contribution >= 4 is 10.0 Å². The maximum absolute atomic E-state index is 12.8. The van der Waals surface area contributed by atoms with E-state index in [1.54, 1.807) is 18.2 Å². The number of hydrogen-bond donors (Lipinski definition) is 2. The fourth-order valence-electron chi connectivity index (χ4n) is 3.24. The van der Waals surface area contributed by atoms with Crippen LogP contribution in [0.5, 0.6) is 0 Å². The molecule has 3 rings (SSSR count). The van der Waals surface area contributed by atoms with E-state index in [2.05, 4.69) is 0 Å². The van der Waals surface area contributed by atoms with E-state index in [0.717, 1.165) is 5.56 Å². The first kappa shape index (κ1) is 19.0. The van der Waals surface area contributed by atoms with Crippen LogP contribution in [0, 0.1) is 0 Å². The Balaban J connectivity index is 1.73. The number of aliphatic hydroxyl groups excluding tert-OH is 2. The van der Waals surface area contributed by atoms with Crippen molar-refractivity contribution in [1.82, 2.24) is 9.21 Å². The molecule has 0 aliphatic carbocycles. The molecule has 1 aliphatic heterocycles. The van der Waals surface area contributed by atoms with E-state index < -0.39 is 22.2 Å². The Morgan fingerprint density at radius 1 is 0.808 bits per heavy atom. The Morgan fingerprint density at radius 2 is 1.31 bits per heavy atom. The predicted molar refractivity (Wildman–Crippen MR) is 98.9 cm³/mol. The highest BCUT2D eigenvalue weighted by molar-refractivity contribution is 7.89. The minimum atomic E-state index is -3.75. The number of β-amino-alcohol motifs (C(OH)–C–C–N with tert-alkyl or cyclic N) is 2. The Labute approximate surface area is 154 Å². The van der Waals surface area contributed by atoms with Gasteiger partial charge in [-0.25, -0.2) is 8.42 Å². The molecule has 1 saturated heterocycles. The molecule has 1 fully saturated rings. The van der Waals surface area contributed by atoms with Crippen LogP contribution in [-0.4, -0.2) is 66.2 Å². The van der Waals surface area contributed by atoms with Crippen LogP contribution in [0.25, 0.3) is 0 Å². The summed E-state index contributed by atoms with van der Waals surface area (Å²) in [4.78, 5) is 2.12. The lowest BCUT2D eigenvalue weighted by Crippen LogP contribution is -2.51. The quantitative estimate of drug-likeness (QED) is 0.829. The normalized spacial score (nSPS) is 23.3. The maximum Gasteiger partial charge on any atom is 0.243 e. The van der Waals surface area contributed by atoms with Gasteiger partial charge in [0.1, 0.15) is 0 Å². The molecular weight excluding hydrogens is 352 g/mol. The molecule has 2 atom stereocenters. The molecule has 2 aromatic carbocycles. The van der Waals surface area contributed by atoms with Gasteiger partial charge >= 0.3 is 0 Å². The van der Waals surface area contributed by atoms with Crippen molar-refractivity contribution < 1.29 is 18.6 Å². The van der Waals surface area contributed by atoms with Crippen molar-refractivity contribution in [1.29, 1.82) is 0 Å². The summed E-state index contributed by atoms with van der Waals surface area (Å²) in [5.41, 5.74) is 1.08. The van der Waals surface area contributed by atoms with E-state index in [-0.39, 0.29) is 18.0 Å². The van der Waals surface area contributed by atoms with Gasteiger partial charge in [-0.3, -0.25) is 4.90 Å². The highest BCUT2D eigenvalue weighted by atomic mass is 32.2. The number of hydrogen-bond acceptors (Lipinski definition) is 5. The first-order chi connectivity index (χ1) is 12.4. The molecular formula is C19H24N2O4S. The summed E-state index contributed by atoms with van der Waals surface area (Å²) in [6, 6.07) is 17.9. The zero-order valence-corrected chi connectivity index (χ0v) is 15.3. The van der Waals surface area contributed by atoms with Crippen molar-refractivity contribution in [2.45, 2.75) is 23.6 Å². The zero-order chi connectivity index (χ0) is 18.6. The number of nitrogens with zero attached hydrogens (tertiary/aromatic N) is 2. The molecule has 0 bridgehead atoms. The Bertz CT molecular complexity index is 785. The van der Waals surface area contributed by atoms with Gasteiger partial charge in [0.25, 0.3) is 0 Å². The average molecular weight is 376 g/mol. The third-order valence-electron chi connectivity index (χ3n) is 4.40. The van der Waals surface area contributed by atoms with E-state index in [9.17, 15) is 18.6 Å². The van der Waals surface area contributed by atoms with Crippen LogP contribution in [0.1, 0.15) is 5.56 Å². The zero-order valence-electron chi connectivity index (χ0n) is 14.5. The first-order valence-electron chi connectivity index (χ1n) is 8.63. The van der Waals surface area contributed by atoms with Gasteiger partial charge < -0.3 is 10.2 Å². The lowest BCUT2D eigenvalue weighted by Gasteiger charge is -2.35. The molecule has 2 N–H and O–H groups in total. The van der Waals surface area contributed by atoms with Gasteiger partial charge in [0.05, 0.1) is 17.1 Å². The smallest absolute Gasteiger partial charge is 0.243 e. The van der Waals surface area contributed by atoms with Crippen LogP contribution in [0.2, 0.25) is 0 Å². The van der Waals surface area contributed by atoms with Gasteiger partial charge in [0.15, 0.2) is 0 Å². The van der Waals surface area contributed by atoms with Crippen molar-refractivity contribution in [2.75, 3.05) is 26.2 Å². The molecule has 0 amide bonds. The predicted octanol–water partition coefficient (Wildman–Crippen LogP) is 0.915. The number of benzene rings is 2.